The zero-order valence-electron chi connectivity index (χ0n) is 41.8. The fourth-order valence-electron chi connectivity index (χ4n) is 12.1. The molecule has 2 heterocycles. The first-order valence-corrected chi connectivity index (χ1v) is 23.6. The van der Waals surface area contributed by atoms with E-state index < -0.39 is 0 Å². The van der Waals surface area contributed by atoms with Gasteiger partial charge in [0.1, 0.15) is 184 Å². The van der Waals surface area contributed by atoms with Crippen LogP contribution in [0.25, 0.3) is 85.9 Å². The van der Waals surface area contributed by atoms with Crippen LogP contribution in [0.15, 0.2) is 4.42 Å². The van der Waals surface area contributed by atoms with Gasteiger partial charge in [0, 0.05) is 20.2 Å². The molecule has 0 saturated carbocycles. The molecule has 24 heteroatoms. The molecule has 0 N–H and O–H groups in total. The standard InChI is InChI=1S/C38H44B22OS/c39-13-3-1(7-17(43)19(45)9-10-20(46)29(55)31(57)33(59)36(10)61-35(9)23(7)49)4-6(16(42)28(54)26(52)14(4)40)2(5(3)15(41)27(53)25(13)51)8-18(44)21(47)11-12-22(48)30(56)32(58)34(60)38(12)62-37(11)24(8)50/h39-60H2. The van der Waals surface area contributed by atoms with Gasteiger partial charge in [0.2, 0.25) is 0 Å². The molecule has 0 aliphatic carbocycles. The zero-order valence-corrected chi connectivity index (χ0v) is 42.6. The van der Waals surface area contributed by atoms with Crippen LogP contribution >= 0.6 is 11.3 Å². The summed E-state index contributed by atoms with van der Waals surface area (Å²) in [6, 6.07) is 0. The Morgan fingerprint density at radius 3 is 0.855 bits per heavy atom. The van der Waals surface area contributed by atoms with Crippen molar-refractivity contribution in [2.75, 3.05) is 0 Å². The number of hydrogen-bond donors (Lipinski definition) is 0. The molecule has 0 atom stereocenters. The molecule has 62 heavy (non-hydrogen) atoms. The van der Waals surface area contributed by atoms with E-state index in [0.29, 0.717) is 0 Å². The lowest BCUT2D eigenvalue weighted by atomic mass is 9.57. The lowest BCUT2D eigenvalue weighted by Crippen LogP contribution is -2.50. The fourth-order valence-corrected chi connectivity index (χ4v) is 13.6. The second-order valence-corrected chi connectivity index (χ2v) is 20.8. The highest BCUT2D eigenvalue weighted by atomic mass is 32.1. The number of thiophene rings is 1. The quantitative estimate of drug-likeness (QED) is 0.126. The van der Waals surface area contributed by atoms with Crippen LogP contribution in [0.3, 0.4) is 0 Å². The molecule has 0 fully saturated rings. The maximum absolute atomic E-state index is 7.18. The van der Waals surface area contributed by atoms with E-state index in [1.165, 1.54) is 195 Å². The topological polar surface area (TPSA) is 13.1 Å². The molecular formula is C38H44B22OS. The van der Waals surface area contributed by atoms with E-state index in [2.05, 4.69) is 173 Å². The van der Waals surface area contributed by atoms with E-state index in [9.17, 15) is 0 Å². The first-order valence-electron chi connectivity index (χ1n) is 22.8. The SMILES string of the molecule is Bc1c(B)c(B)c2c(oc3c(B)c(-c4c5c(B)c(B)c(B)c(B)c5c(-c5c(B)c(B)c6c(sc7c(B)c(B)c(B)c(B)c76)c5B)c5c(B)c(B)c(B)c(B)c45)c(B)c(B)c32)c1B. The Morgan fingerprint density at radius 2 is 0.452 bits per heavy atom. The van der Waals surface area contributed by atoms with Crippen molar-refractivity contribution in [1.29, 1.82) is 0 Å². The summed E-state index contributed by atoms with van der Waals surface area (Å²) in [5.74, 6) is 0. The summed E-state index contributed by atoms with van der Waals surface area (Å²) in [6.45, 7) is 0. The molecule has 1 nitrogen and oxygen atoms in total. The fraction of sp³-hybridized carbons (Fsp3) is 0. The van der Waals surface area contributed by atoms with Gasteiger partial charge in [-0.25, -0.2) is 0 Å². The van der Waals surface area contributed by atoms with E-state index in [1.807, 2.05) is 11.3 Å². The molecule has 9 aromatic rings. The van der Waals surface area contributed by atoms with Gasteiger partial charge in [-0.1, -0.05) is 76.5 Å². The predicted octanol–water partition coefficient (Wildman–Crippen LogP) is -26.7. The molecule has 0 saturated heterocycles. The minimum Gasteiger partial charge on any atom is -0.457 e. The van der Waals surface area contributed by atoms with Crippen LogP contribution in [-0.2, 0) is 0 Å². The van der Waals surface area contributed by atoms with Crippen LogP contribution < -0.4 is 120 Å². The third-order valence-electron chi connectivity index (χ3n) is 17.6. The molecule has 0 aliphatic rings. The Kier molecular flexibility index (Phi) is 10.2. The zero-order chi connectivity index (χ0) is 45.4. The number of benzene rings is 7. The van der Waals surface area contributed by atoms with Crippen LogP contribution in [-0.4, -0.2) is 173 Å². The van der Waals surface area contributed by atoms with E-state index in [0.717, 1.165) is 11.2 Å². The molecule has 0 amide bonds. The monoisotopic (exact) mass is 791 g/mol. The summed E-state index contributed by atoms with van der Waals surface area (Å²) in [5.41, 5.74) is 37.8. The lowest BCUT2D eigenvalue weighted by molar-refractivity contribution is 0.675. The smallest absolute Gasteiger partial charge is 0.145 e. The van der Waals surface area contributed by atoms with Crippen molar-refractivity contribution in [2.24, 2.45) is 0 Å². The second-order valence-electron chi connectivity index (χ2n) is 19.8. The Bertz CT molecular complexity index is 3340. The summed E-state index contributed by atoms with van der Waals surface area (Å²) < 4.78 is 10.1. The van der Waals surface area contributed by atoms with Crippen molar-refractivity contribution in [1.82, 2.24) is 0 Å². The van der Waals surface area contributed by atoms with Crippen molar-refractivity contribution in [3.8, 4) is 22.3 Å². The van der Waals surface area contributed by atoms with E-state index >= 15 is 0 Å². The normalized spacial score (nSPS) is 12.0. The van der Waals surface area contributed by atoms with Crippen molar-refractivity contribution < 1.29 is 4.42 Å². The molecule has 7 aromatic carbocycles. The molecule has 0 bridgehead atoms. The summed E-state index contributed by atoms with van der Waals surface area (Å²) in [6.07, 6.45) is 0. The van der Waals surface area contributed by atoms with Crippen molar-refractivity contribution >= 4 is 368 Å². The Hall–Kier alpha value is -3.49. The molecule has 0 radical (unpaired) electrons. The number of rotatable bonds is 2. The summed E-state index contributed by atoms with van der Waals surface area (Å²) in [5, 5.41) is 11.1. The van der Waals surface area contributed by atoms with Gasteiger partial charge >= 0.3 is 0 Å². The van der Waals surface area contributed by atoms with E-state index in [-0.39, 0.29) is 0 Å². The number of fused-ring (bicyclic) bond motifs is 8. The Balaban J connectivity index is 1.59. The minimum absolute atomic E-state index is 1.03. The molecule has 0 aliphatic heterocycles. The van der Waals surface area contributed by atoms with Gasteiger partial charge in [-0.05, 0) is 60.0 Å². The molecule has 0 unspecified atom stereocenters. The third-order valence-corrected chi connectivity index (χ3v) is 19.0. The minimum atomic E-state index is 1.03. The van der Waals surface area contributed by atoms with Gasteiger partial charge < -0.3 is 4.42 Å². The van der Waals surface area contributed by atoms with E-state index in [4.69, 9.17) is 4.42 Å². The molecular weight excluding hydrogens is 742 g/mol. The van der Waals surface area contributed by atoms with Crippen LogP contribution in [0.1, 0.15) is 0 Å². The van der Waals surface area contributed by atoms with Crippen molar-refractivity contribution in [3.63, 3.8) is 0 Å². The summed E-state index contributed by atoms with van der Waals surface area (Å²) in [4.78, 5) is 0. The van der Waals surface area contributed by atoms with Gasteiger partial charge in [0.15, 0.2) is 0 Å². The van der Waals surface area contributed by atoms with Crippen LogP contribution in [0, 0.1) is 0 Å². The van der Waals surface area contributed by atoms with Crippen LogP contribution in [0.5, 0.6) is 0 Å². The lowest BCUT2D eigenvalue weighted by Gasteiger charge is -2.31. The maximum Gasteiger partial charge on any atom is 0.145 e. The largest absolute Gasteiger partial charge is 0.457 e. The molecule has 9 rings (SSSR count). The van der Waals surface area contributed by atoms with Crippen molar-refractivity contribution in [2.45, 2.75) is 0 Å². The van der Waals surface area contributed by atoms with Gasteiger partial charge in [-0.15, -0.1) is 49.6 Å². The van der Waals surface area contributed by atoms with Gasteiger partial charge in [-0.2, -0.15) is 0 Å². The number of hydrogen-bond acceptors (Lipinski definition) is 2. The second kappa shape index (κ2) is 14.5. The molecule has 274 valence electrons. The highest BCUT2D eigenvalue weighted by Crippen LogP contribution is 2.41. The van der Waals surface area contributed by atoms with Crippen molar-refractivity contribution in [3.05, 3.63) is 0 Å². The molecule has 2 aromatic heterocycles. The molecule has 0 spiro atoms. The maximum atomic E-state index is 7.18. The first kappa shape index (κ1) is 43.7. The summed E-state index contributed by atoms with van der Waals surface area (Å²) >= 11 is 2.02. The van der Waals surface area contributed by atoms with Crippen LogP contribution in [0.4, 0.5) is 0 Å². The predicted molar refractivity (Wildman–Crippen MR) is 352 cm³/mol. The third kappa shape index (κ3) is 5.34. The van der Waals surface area contributed by atoms with Gasteiger partial charge in [0.25, 0.3) is 0 Å². The highest BCUT2D eigenvalue weighted by molar-refractivity contribution is 7.28. The van der Waals surface area contributed by atoms with Gasteiger partial charge in [-0.3, -0.25) is 0 Å². The average Bonchev–Trinajstić information content (AvgIpc) is 3.86. The first-order chi connectivity index (χ1) is 29.0. The highest BCUT2D eigenvalue weighted by Gasteiger charge is 2.31. The van der Waals surface area contributed by atoms with Gasteiger partial charge in [0.05, 0.1) is 0 Å². The Labute approximate surface area is 391 Å². The summed E-state index contributed by atoms with van der Waals surface area (Å²) in [7, 11) is 51.7. The van der Waals surface area contributed by atoms with E-state index in [1.54, 1.807) is 0 Å². The number of furan rings is 1. The van der Waals surface area contributed by atoms with Crippen LogP contribution in [0.2, 0.25) is 0 Å². The average molecular weight is 787 g/mol. The Morgan fingerprint density at radius 1 is 0.194 bits per heavy atom.